The maximum absolute atomic E-state index is 11.4. The topological polar surface area (TPSA) is 58.4 Å². The molecule has 1 rings (SSSR count). The molecule has 1 saturated carbocycles. The molecule has 4 heteroatoms. The fraction of sp³-hybridized carbons (Fsp3) is 0.917. The van der Waals surface area contributed by atoms with E-state index in [-0.39, 0.29) is 11.8 Å². The molecular weight excluding hydrogens is 202 g/mol. The van der Waals surface area contributed by atoms with E-state index in [2.05, 4.69) is 17.3 Å². The number of hydrogen-bond donors (Lipinski definition) is 2. The lowest BCUT2D eigenvalue weighted by molar-refractivity contribution is -0.124. The van der Waals surface area contributed by atoms with Crippen LogP contribution in [-0.2, 0) is 4.79 Å². The lowest BCUT2D eigenvalue weighted by atomic mass is 9.90. The van der Waals surface area contributed by atoms with Crippen LogP contribution in [0.1, 0.15) is 32.6 Å². The van der Waals surface area contributed by atoms with E-state index in [0.29, 0.717) is 12.1 Å². The summed E-state index contributed by atoms with van der Waals surface area (Å²) in [7, 11) is 3.80. The molecule has 0 aliphatic heterocycles. The second-order valence-electron chi connectivity index (χ2n) is 5.02. The number of carbonyl (C=O) groups excluding carboxylic acids is 1. The smallest absolute Gasteiger partial charge is 0.223 e. The molecule has 0 aromatic rings. The number of nitrogens with one attached hydrogen (secondary N) is 1. The van der Waals surface area contributed by atoms with Crippen LogP contribution in [-0.4, -0.2) is 43.5 Å². The van der Waals surface area contributed by atoms with Crippen molar-refractivity contribution in [2.24, 2.45) is 11.7 Å². The minimum absolute atomic E-state index is 0.0607. The minimum atomic E-state index is 0.0607. The van der Waals surface area contributed by atoms with Crippen LogP contribution in [0.5, 0.6) is 0 Å². The van der Waals surface area contributed by atoms with Crippen LogP contribution >= 0.6 is 0 Å². The van der Waals surface area contributed by atoms with Crippen LogP contribution in [0, 0.1) is 5.92 Å². The molecule has 1 amide bonds. The summed E-state index contributed by atoms with van der Waals surface area (Å²) in [4.78, 5) is 13.7. The fourth-order valence-corrected chi connectivity index (χ4v) is 2.45. The molecule has 0 saturated heterocycles. The van der Waals surface area contributed by atoms with Crippen molar-refractivity contribution in [3.63, 3.8) is 0 Å². The molecular formula is C12H25N3O. The maximum Gasteiger partial charge on any atom is 0.223 e. The van der Waals surface area contributed by atoms with Crippen LogP contribution in [0.15, 0.2) is 0 Å². The summed E-state index contributed by atoms with van der Waals surface area (Å²) < 4.78 is 0. The molecule has 0 aromatic heterocycles. The van der Waals surface area contributed by atoms with Gasteiger partial charge in [0.05, 0.1) is 0 Å². The second-order valence-corrected chi connectivity index (χ2v) is 5.02. The number of amides is 1. The van der Waals surface area contributed by atoms with E-state index in [1.165, 1.54) is 0 Å². The van der Waals surface area contributed by atoms with Crippen LogP contribution in [0.25, 0.3) is 0 Å². The summed E-state index contributed by atoms with van der Waals surface area (Å²) in [6, 6.07) is 0.993. The molecule has 1 atom stereocenters. The van der Waals surface area contributed by atoms with E-state index < -0.39 is 0 Å². The Kier molecular flexibility index (Phi) is 5.22. The van der Waals surface area contributed by atoms with Gasteiger partial charge in [-0.1, -0.05) is 6.92 Å². The highest BCUT2D eigenvalue weighted by atomic mass is 16.1. The van der Waals surface area contributed by atoms with Crippen molar-refractivity contribution in [2.45, 2.75) is 44.7 Å². The molecule has 4 nitrogen and oxygen atoms in total. The molecule has 1 unspecified atom stereocenters. The predicted molar refractivity (Wildman–Crippen MR) is 66.1 cm³/mol. The Morgan fingerprint density at radius 3 is 2.50 bits per heavy atom. The van der Waals surface area contributed by atoms with Crippen LogP contribution in [0.3, 0.4) is 0 Å². The first kappa shape index (κ1) is 13.5. The Hall–Kier alpha value is -0.610. The van der Waals surface area contributed by atoms with Gasteiger partial charge in [0.1, 0.15) is 0 Å². The minimum Gasteiger partial charge on any atom is -0.359 e. The molecule has 94 valence electrons. The third kappa shape index (κ3) is 3.76. The Morgan fingerprint density at radius 2 is 2.00 bits per heavy atom. The molecule has 0 heterocycles. The van der Waals surface area contributed by atoms with Gasteiger partial charge >= 0.3 is 0 Å². The highest BCUT2D eigenvalue weighted by Crippen LogP contribution is 2.21. The average Bonchev–Trinajstić information content (AvgIpc) is 2.28. The first-order valence-corrected chi connectivity index (χ1v) is 6.22. The van der Waals surface area contributed by atoms with Gasteiger partial charge in [0, 0.05) is 31.6 Å². The predicted octanol–water partition coefficient (Wildman–Crippen LogP) is 0.570. The second kappa shape index (κ2) is 6.21. The molecule has 0 bridgehead atoms. The zero-order valence-corrected chi connectivity index (χ0v) is 10.7. The van der Waals surface area contributed by atoms with Crippen LogP contribution in [0.4, 0.5) is 0 Å². The summed E-state index contributed by atoms with van der Waals surface area (Å²) in [6.07, 6.45) is 4.56. The SMILES string of the molecule is CNC(=O)C(C)CN(C)C1CCC(N)CC1. The van der Waals surface area contributed by atoms with Gasteiger partial charge in [0.25, 0.3) is 0 Å². The van der Waals surface area contributed by atoms with Gasteiger partial charge in [-0.05, 0) is 32.7 Å². The van der Waals surface area contributed by atoms with Gasteiger partial charge in [-0.2, -0.15) is 0 Å². The van der Waals surface area contributed by atoms with Gasteiger partial charge in [0.2, 0.25) is 5.91 Å². The van der Waals surface area contributed by atoms with Gasteiger partial charge in [0.15, 0.2) is 0 Å². The van der Waals surface area contributed by atoms with Crippen molar-refractivity contribution in [2.75, 3.05) is 20.6 Å². The monoisotopic (exact) mass is 227 g/mol. The molecule has 1 fully saturated rings. The van der Waals surface area contributed by atoms with Crippen LogP contribution < -0.4 is 11.1 Å². The molecule has 0 aromatic carbocycles. The largest absolute Gasteiger partial charge is 0.359 e. The van der Waals surface area contributed by atoms with Crippen LogP contribution in [0.2, 0.25) is 0 Å². The molecule has 16 heavy (non-hydrogen) atoms. The molecule has 3 N–H and O–H groups in total. The Morgan fingerprint density at radius 1 is 1.44 bits per heavy atom. The third-order valence-corrected chi connectivity index (χ3v) is 3.62. The number of nitrogens with two attached hydrogens (primary N) is 1. The standard InChI is InChI=1S/C12H25N3O/c1-9(12(16)14-2)8-15(3)11-6-4-10(13)5-7-11/h9-11H,4-8,13H2,1-3H3,(H,14,16). The highest BCUT2D eigenvalue weighted by Gasteiger charge is 2.24. The third-order valence-electron chi connectivity index (χ3n) is 3.62. The molecule has 1 aliphatic carbocycles. The van der Waals surface area contributed by atoms with Gasteiger partial charge in [-0.25, -0.2) is 0 Å². The number of rotatable bonds is 4. The van der Waals surface area contributed by atoms with Crippen molar-refractivity contribution < 1.29 is 4.79 Å². The first-order chi connectivity index (χ1) is 7.54. The van der Waals surface area contributed by atoms with E-state index in [4.69, 9.17) is 5.73 Å². The lowest BCUT2D eigenvalue weighted by Crippen LogP contribution is -2.42. The Balaban J connectivity index is 2.34. The number of carbonyl (C=O) groups is 1. The summed E-state index contributed by atoms with van der Waals surface area (Å²) in [5, 5.41) is 2.69. The molecule has 0 radical (unpaired) electrons. The average molecular weight is 227 g/mol. The maximum atomic E-state index is 11.4. The fourth-order valence-electron chi connectivity index (χ4n) is 2.45. The van der Waals surface area contributed by atoms with Crippen molar-refractivity contribution in [1.29, 1.82) is 0 Å². The Bertz CT molecular complexity index is 224. The van der Waals surface area contributed by atoms with Crippen molar-refractivity contribution >= 4 is 5.91 Å². The number of nitrogens with zero attached hydrogens (tertiary/aromatic N) is 1. The summed E-state index contributed by atoms with van der Waals surface area (Å²) in [5.41, 5.74) is 5.89. The van der Waals surface area contributed by atoms with Crippen molar-refractivity contribution in [3.8, 4) is 0 Å². The van der Waals surface area contributed by atoms with Gasteiger partial charge < -0.3 is 16.0 Å². The molecule has 0 spiro atoms. The van der Waals surface area contributed by atoms with Gasteiger partial charge in [-0.3, -0.25) is 4.79 Å². The van der Waals surface area contributed by atoms with Gasteiger partial charge in [-0.15, -0.1) is 0 Å². The van der Waals surface area contributed by atoms with Crippen molar-refractivity contribution in [1.82, 2.24) is 10.2 Å². The van der Waals surface area contributed by atoms with E-state index >= 15 is 0 Å². The Labute approximate surface area is 98.6 Å². The summed E-state index contributed by atoms with van der Waals surface area (Å²) in [5.74, 6) is 0.185. The first-order valence-electron chi connectivity index (χ1n) is 6.22. The lowest BCUT2D eigenvalue weighted by Gasteiger charge is -2.34. The zero-order chi connectivity index (χ0) is 12.1. The normalized spacial score (nSPS) is 27.8. The summed E-state index contributed by atoms with van der Waals surface area (Å²) in [6.45, 7) is 2.81. The highest BCUT2D eigenvalue weighted by molar-refractivity contribution is 5.78. The molecule has 1 aliphatic rings. The summed E-state index contributed by atoms with van der Waals surface area (Å²) >= 11 is 0. The number of hydrogen-bond acceptors (Lipinski definition) is 3. The van der Waals surface area contributed by atoms with E-state index in [0.717, 1.165) is 32.2 Å². The zero-order valence-electron chi connectivity index (χ0n) is 10.7. The quantitative estimate of drug-likeness (QED) is 0.738. The van der Waals surface area contributed by atoms with E-state index in [1.54, 1.807) is 7.05 Å². The van der Waals surface area contributed by atoms with E-state index in [9.17, 15) is 4.79 Å². The van der Waals surface area contributed by atoms with E-state index in [1.807, 2.05) is 6.92 Å². The van der Waals surface area contributed by atoms with Crippen molar-refractivity contribution in [3.05, 3.63) is 0 Å².